The number of hydrogen-bond acceptors (Lipinski definition) is 5. The molecule has 1 amide bonds. The monoisotopic (exact) mass is 377 g/mol. The fourth-order valence-corrected chi connectivity index (χ4v) is 3.03. The van der Waals surface area contributed by atoms with Crippen molar-refractivity contribution in [1.82, 2.24) is 10.2 Å². The molecular weight excluding hydrogens is 353 g/mol. The van der Waals surface area contributed by atoms with Gasteiger partial charge in [-0.3, -0.25) is 9.69 Å². The first kappa shape index (κ1) is 20.8. The summed E-state index contributed by atoms with van der Waals surface area (Å²) in [5.74, 6) is 0.946. The van der Waals surface area contributed by atoms with Gasteiger partial charge >= 0.3 is 0 Å². The van der Waals surface area contributed by atoms with Crippen LogP contribution in [-0.4, -0.2) is 57.8 Å². The minimum atomic E-state index is -0.0821. The van der Waals surface area contributed by atoms with Crippen molar-refractivity contribution in [2.45, 2.75) is 18.9 Å². The minimum absolute atomic E-state index is 0. The predicted molar refractivity (Wildman–Crippen MR) is 99.0 cm³/mol. The quantitative estimate of drug-likeness (QED) is 0.796. The molecule has 8 heteroatoms. The number of nitrogens with one attached hydrogen (secondary N) is 2. The van der Waals surface area contributed by atoms with Gasteiger partial charge in [-0.2, -0.15) is 0 Å². The Morgan fingerprint density at radius 3 is 2.67 bits per heavy atom. The number of benzene rings is 1. The van der Waals surface area contributed by atoms with Crippen LogP contribution in [0.5, 0.6) is 11.5 Å². The summed E-state index contributed by atoms with van der Waals surface area (Å²) in [6, 6.07) is 3.75. The first-order chi connectivity index (χ1) is 11.1. The molecule has 1 aromatic carbocycles. The molecule has 0 aromatic heterocycles. The van der Waals surface area contributed by atoms with E-state index >= 15 is 0 Å². The first-order valence-electron chi connectivity index (χ1n) is 7.68. The lowest BCUT2D eigenvalue weighted by atomic mass is 10.1. The van der Waals surface area contributed by atoms with E-state index in [-0.39, 0.29) is 18.3 Å². The largest absolute Gasteiger partial charge is 0.495 e. The van der Waals surface area contributed by atoms with E-state index in [4.69, 9.17) is 21.1 Å². The Morgan fingerprint density at radius 2 is 2.04 bits per heavy atom. The number of methoxy groups -OCH3 is 2. The SMILES string of the molecule is CNC1CCCN(CC(=O)Nc2cc(Cl)c(OC)cc2OC)C1.Cl. The number of hydrogen-bond donors (Lipinski definition) is 2. The van der Waals surface area contributed by atoms with Crippen molar-refractivity contribution < 1.29 is 14.3 Å². The summed E-state index contributed by atoms with van der Waals surface area (Å²) in [7, 11) is 5.03. The Balaban J connectivity index is 0.00000288. The summed E-state index contributed by atoms with van der Waals surface area (Å²) >= 11 is 6.12. The molecule has 1 heterocycles. The number of likely N-dealkylation sites (N-methyl/N-ethyl adjacent to an activating group) is 1. The smallest absolute Gasteiger partial charge is 0.238 e. The van der Waals surface area contributed by atoms with Crippen LogP contribution in [0.15, 0.2) is 12.1 Å². The number of carbonyl (C=O) groups excluding carboxylic acids is 1. The van der Waals surface area contributed by atoms with E-state index in [2.05, 4.69) is 15.5 Å². The molecule has 6 nitrogen and oxygen atoms in total. The van der Waals surface area contributed by atoms with E-state index in [0.29, 0.717) is 34.8 Å². The van der Waals surface area contributed by atoms with E-state index < -0.39 is 0 Å². The molecule has 1 aromatic rings. The minimum Gasteiger partial charge on any atom is -0.495 e. The molecule has 1 atom stereocenters. The molecule has 0 bridgehead atoms. The van der Waals surface area contributed by atoms with E-state index in [1.807, 2.05) is 7.05 Å². The molecule has 1 fully saturated rings. The molecule has 1 saturated heterocycles. The molecule has 0 spiro atoms. The fraction of sp³-hybridized carbons (Fsp3) is 0.562. The van der Waals surface area contributed by atoms with Crippen LogP contribution in [-0.2, 0) is 4.79 Å². The van der Waals surface area contributed by atoms with Crippen molar-refractivity contribution in [2.75, 3.05) is 46.2 Å². The Kier molecular flexibility index (Phi) is 8.62. The zero-order valence-corrected chi connectivity index (χ0v) is 15.8. The Morgan fingerprint density at radius 1 is 1.33 bits per heavy atom. The number of piperidine rings is 1. The highest BCUT2D eigenvalue weighted by molar-refractivity contribution is 6.32. The zero-order valence-electron chi connectivity index (χ0n) is 14.2. The average Bonchev–Trinajstić information content (AvgIpc) is 2.55. The topological polar surface area (TPSA) is 62.8 Å². The summed E-state index contributed by atoms with van der Waals surface area (Å²) in [4.78, 5) is 14.5. The van der Waals surface area contributed by atoms with Gasteiger partial charge in [0, 0.05) is 18.7 Å². The number of amides is 1. The van der Waals surface area contributed by atoms with Gasteiger partial charge in [0.25, 0.3) is 0 Å². The Bertz CT molecular complexity index is 558. The summed E-state index contributed by atoms with van der Waals surface area (Å²) in [6.07, 6.45) is 2.24. The van der Waals surface area contributed by atoms with Crippen molar-refractivity contribution in [3.8, 4) is 11.5 Å². The zero-order chi connectivity index (χ0) is 16.8. The van der Waals surface area contributed by atoms with Crippen LogP contribution >= 0.6 is 24.0 Å². The summed E-state index contributed by atoms with van der Waals surface area (Å²) in [6.45, 7) is 2.17. The summed E-state index contributed by atoms with van der Waals surface area (Å²) < 4.78 is 10.4. The van der Waals surface area contributed by atoms with Crippen LogP contribution in [0.2, 0.25) is 5.02 Å². The van der Waals surface area contributed by atoms with Crippen LogP contribution in [0.4, 0.5) is 5.69 Å². The summed E-state index contributed by atoms with van der Waals surface area (Å²) in [5, 5.41) is 6.57. The van der Waals surface area contributed by atoms with Crippen LogP contribution < -0.4 is 20.1 Å². The fourth-order valence-electron chi connectivity index (χ4n) is 2.79. The third-order valence-corrected chi connectivity index (χ3v) is 4.32. The molecule has 24 heavy (non-hydrogen) atoms. The van der Waals surface area contributed by atoms with Crippen LogP contribution in [0, 0.1) is 0 Å². The maximum absolute atomic E-state index is 12.3. The molecule has 1 aliphatic rings. The second-order valence-corrected chi connectivity index (χ2v) is 6.01. The number of rotatable bonds is 6. The van der Waals surface area contributed by atoms with E-state index in [1.54, 1.807) is 19.2 Å². The number of nitrogens with zero attached hydrogens (tertiary/aromatic N) is 1. The van der Waals surface area contributed by atoms with Crippen molar-refractivity contribution >= 4 is 35.6 Å². The van der Waals surface area contributed by atoms with Crippen LogP contribution in [0.25, 0.3) is 0 Å². The van der Waals surface area contributed by atoms with Crippen molar-refractivity contribution in [3.05, 3.63) is 17.2 Å². The van der Waals surface area contributed by atoms with E-state index in [1.165, 1.54) is 7.11 Å². The molecular formula is C16H25Cl2N3O3. The average molecular weight is 378 g/mol. The van der Waals surface area contributed by atoms with E-state index in [9.17, 15) is 4.79 Å². The van der Waals surface area contributed by atoms with Gasteiger partial charge in [-0.15, -0.1) is 12.4 Å². The lowest BCUT2D eigenvalue weighted by molar-refractivity contribution is -0.117. The third kappa shape index (κ3) is 5.41. The maximum atomic E-state index is 12.3. The normalized spacial score (nSPS) is 17.8. The lowest BCUT2D eigenvalue weighted by Gasteiger charge is -2.31. The maximum Gasteiger partial charge on any atom is 0.238 e. The van der Waals surface area contributed by atoms with E-state index in [0.717, 1.165) is 25.9 Å². The number of likely N-dealkylation sites (tertiary alicyclic amines) is 1. The molecule has 1 unspecified atom stereocenters. The number of carbonyl (C=O) groups is 1. The number of ether oxygens (including phenoxy) is 2. The molecule has 2 rings (SSSR count). The van der Waals surface area contributed by atoms with Gasteiger partial charge in [-0.25, -0.2) is 0 Å². The van der Waals surface area contributed by atoms with Crippen LogP contribution in [0.1, 0.15) is 12.8 Å². The predicted octanol–water partition coefficient (Wildman–Crippen LogP) is 2.40. The summed E-state index contributed by atoms with van der Waals surface area (Å²) in [5.41, 5.74) is 0.547. The van der Waals surface area contributed by atoms with Gasteiger partial charge in [0.05, 0.1) is 31.5 Å². The molecule has 2 N–H and O–H groups in total. The highest BCUT2D eigenvalue weighted by Gasteiger charge is 2.21. The van der Waals surface area contributed by atoms with Gasteiger partial charge in [0.2, 0.25) is 5.91 Å². The first-order valence-corrected chi connectivity index (χ1v) is 8.06. The Labute approximate surface area is 154 Å². The van der Waals surface area contributed by atoms with Gasteiger partial charge in [-0.1, -0.05) is 11.6 Å². The van der Waals surface area contributed by atoms with Crippen molar-refractivity contribution in [1.29, 1.82) is 0 Å². The van der Waals surface area contributed by atoms with Gasteiger partial charge < -0.3 is 20.1 Å². The third-order valence-electron chi connectivity index (χ3n) is 4.03. The lowest BCUT2D eigenvalue weighted by Crippen LogP contribution is -2.46. The van der Waals surface area contributed by atoms with Gasteiger partial charge in [-0.05, 0) is 32.5 Å². The molecule has 0 aliphatic carbocycles. The number of anilines is 1. The standard InChI is InChI=1S/C16H24ClN3O3.ClH/c1-18-11-5-4-6-20(9-11)10-16(21)19-13-7-12(17)14(22-2)8-15(13)23-3;/h7-8,11,18H,4-6,9-10H2,1-3H3,(H,19,21);1H. The molecule has 136 valence electrons. The highest BCUT2D eigenvalue weighted by Crippen LogP contribution is 2.35. The van der Waals surface area contributed by atoms with Gasteiger partial charge in [0.1, 0.15) is 11.5 Å². The molecule has 0 saturated carbocycles. The number of halogens is 2. The van der Waals surface area contributed by atoms with Crippen molar-refractivity contribution in [2.24, 2.45) is 0 Å². The highest BCUT2D eigenvalue weighted by atomic mass is 35.5. The Hall–Kier alpha value is -1.21. The molecule has 1 aliphatic heterocycles. The van der Waals surface area contributed by atoms with Gasteiger partial charge in [0.15, 0.2) is 0 Å². The second kappa shape index (κ2) is 9.93. The van der Waals surface area contributed by atoms with Crippen molar-refractivity contribution in [3.63, 3.8) is 0 Å². The second-order valence-electron chi connectivity index (χ2n) is 5.60. The molecule has 0 radical (unpaired) electrons. The van der Waals surface area contributed by atoms with Crippen LogP contribution in [0.3, 0.4) is 0 Å².